The highest BCUT2D eigenvalue weighted by molar-refractivity contribution is 5.79. The van der Waals surface area contributed by atoms with E-state index in [1.807, 2.05) is 6.92 Å². The van der Waals surface area contributed by atoms with Crippen LogP contribution < -0.4 is 0 Å². The van der Waals surface area contributed by atoms with Crippen molar-refractivity contribution in [2.75, 3.05) is 0 Å². The third-order valence-electron chi connectivity index (χ3n) is 1.71. The predicted molar refractivity (Wildman–Crippen MR) is 63.5 cm³/mol. The molecule has 0 aromatic carbocycles. The van der Waals surface area contributed by atoms with E-state index in [0.29, 0.717) is 6.42 Å². The minimum absolute atomic E-state index is 0.327. The topological polar surface area (TPSA) is 74.6 Å². The van der Waals surface area contributed by atoms with E-state index in [-0.39, 0.29) is 0 Å². The molecule has 94 valence electrons. The van der Waals surface area contributed by atoms with Gasteiger partial charge in [0.05, 0.1) is 0 Å². The molecule has 0 unspecified atom stereocenters. The lowest BCUT2D eigenvalue weighted by molar-refractivity contribution is -0.137. The van der Waals surface area contributed by atoms with Gasteiger partial charge in [0, 0.05) is 12.5 Å². The van der Waals surface area contributed by atoms with E-state index in [0.717, 1.165) is 32.1 Å². The van der Waals surface area contributed by atoms with Crippen molar-refractivity contribution in [3.8, 4) is 0 Å². The maximum Gasteiger partial charge on any atom is 0.327 e. The van der Waals surface area contributed by atoms with Gasteiger partial charge < -0.3 is 10.2 Å². The summed E-state index contributed by atoms with van der Waals surface area (Å²) in [6, 6.07) is 0. The molecule has 0 aliphatic heterocycles. The third kappa shape index (κ3) is 23.0. The molecule has 0 aliphatic rings. The first kappa shape index (κ1) is 17.1. The van der Waals surface area contributed by atoms with E-state index in [1.54, 1.807) is 6.08 Å². The third-order valence-corrected chi connectivity index (χ3v) is 1.71. The van der Waals surface area contributed by atoms with E-state index < -0.39 is 11.9 Å². The molecule has 0 spiro atoms. The second-order valence-electron chi connectivity index (χ2n) is 3.38. The first-order valence-corrected chi connectivity index (χ1v) is 5.65. The number of aliphatic carboxylic acids is 2. The normalized spacial score (nSPS) is 9.62. The Balaban J connectivity index is 0. The second kappa shape index (κ2) is 13.7. The van der Waals surface area contributed by atoms with Crippen LogP contribution in [0.25, 0.3) is 0 Å². The summed E-state index contributed by atoms with van der Waals surface area (Å²) in [4.78, 5) is 19.7. The van der Waals surface area contributed by atoms with Crippen LogP contribution in [0.2, 0.25) is 0 Å². The van der Waals surface area contributed by atoms with Crippen molar-refractivity contribution < 1.29 is 19.8 Å². The number of hydrogen-bond donors (Lipinski definition) is 2. The molecular formula is C12H22O4. The molecule has 2 N–H and O–H groups in total. The number of unbranched alkanes of at least 4 members (excludes halogenated alkanes) is 3. The molecule has 0 saturated carbocycles. The van der Waals surface area contributed by atoms with Crippen molar-refractivity contribution in [1.82, 2.24) is 0 Å². The first-order valence-electron chi connectivity index (χ1n) is 5.65. The Labute approximate surface area is 97.0 Å². The number of allylic oxidation sites excluding steroid dienone is 1. The van der Waals surface area contributed by atoms with E-state index in [9.17, 15) is 9.59 Å². The van der Waals surface area contributed by atoms with Crippen LogP contribution in [0, 0.1) is 0 Å². The molecule has 0 amide bonds. The number of rotatable bonds is 7. The Hall–Kier alpha value is -1.32. The quantitative estimate of drug-likeness (QED) is 0.520. The predicted octanol–water partition coefficient (Wildman–Crippen LogP) is 3.08. The molecule has 16 heavy (non-hydrogen) atoms. The zero-order chi connectivity index (χ0) is 12.8. The van der Waals surface area contributed by atoms with Gasteiger partial charge in [-0.2, -0.15) is 0 Å². The van der Waals surface area contributed by atoms with Gasteiger partial charge in [0.15, 0.2) is 0 Å². The van der Waals surface area contributed by atoms with Crippen molar-refractivity contribution in [3.63, 3.8) is 0 Å². The van der Waals surface area contributed by atoms with E-state index in [1.165, 1.54) is 6.08 Å². The standard InChI is InChI=1S/C6H12O2.C6H10O2/c2*1-2-3-4-5-6(7)8/h2-5H2,1H3,(H,7,8);4-5H,2-3H2,1H3,(H,7,8). The summed E-state index contributed by atoms with van der Waals surface area (Å²) in [6.07, 6.45) is 7.96. The van der Waals surface area contributed by atoms with Crippen LogP contribution in [0.5, 0.6) is 0 Å². The molecule has 4 heteroatoms. The first-order chi connectivity index (χ1) is 7.54. The van der Waals surface area contributed by atoms with Crippen molar-refractivity contribution >= 4 is 11.9 Å². The molecule has 0 bridgehead atoms. The lowest BCUT2D eigenvalue weighted by Gasteiger charge is -1.89. The molecule has 0 heterocycles. The highest BCUT2D eigenvalue weighted by atomic mass is 16.4. The lowest BCUT2D eigenvalue weighted by Crippen LogP contribution is -1.92. The molecule has 0 aliphatic carbocycles. The van der Waals surface area contributed by atoms with Crippen molar-refractivity contribution in [3.05, 3.63) is 12.2 Å². The SMILES string of the molecule is CCCC=CC(=O)O.CCCCCC(=O)O. The molecule has 0 radical (unpaired) electrons. The van der Waals surface area contributed by atoms with Gasteiger partial charge >= 0.3 is 11.9 Å². The summed E-state index contributed by atoms with van der Waals surface area (Å²) in [7, 11) is 0. The summed E-state index contributed by atoms with van der Waals surface area (Å²) < 4.78 is 0. The molecule has 0 atom stereocenters. The van der Waals surface area contributed by atoms with Gasteiger partial charge in [0.2, 0.25) is 0 Å². The highest BCUT2D eigenvalue weighted by Crippen LogP contribution is 1.97. The minimum atomic E-state index is -0.863. The lowest BCUT2D eigenvalue weighted by atomic mass is 10.2. The molecule has 0 saturated heterocycles. The van der Waals surface area contributed by atoms with Gasteiger partial charge in [-0.05, 0) is 12.8 Å². The van der Waals surface area contributed by atoms with Crippen LogP contribution in [0.3, 0.4) is 0 Å². The Morgan fingerprint density at radius 2 is 1.69 bits per heavy atom. The van der Waals surface area contributed by atoms with Crippen LogP contribution in [-0.4, -0.2) is 22.2 Å². The van der Waals surface area contributed by atoms with Crippen LogP contribution >= 0.6 is 0 Å². The zero-order valence-electron chi connectivity index (χ0n) is 10.1. The van der Waals surface area contributed by atoms with Crippen LogP contribution in [0.15, 0.2) is 12.2 Å². The summed E-state index contributed by atoms with van der Waals surface area (Å²) in [5.41, 5.74) is 0. The molecule has 0 fully saturated rings. The number of carboxylic acid groups (broad SMARTS) is 2. The summed E-state index contributed by atoms with van der Waals surface area (Å²) in [6.45, 7) is 4.06. The maximum absolute atomic E-state index is 9.87. The van der Waals surface area contributed by atoms with Crippen molar-refractivity contribution in [1.29, 1.82) is 0 Å². The van der Waals surface area contributed by atoms with Gasteiger partial charge in [0.25, 0.3) is 0 Å². The van der Waals surface area contributed by atoms with Crippen molar-refractivity contribution in [2.24, 2.45) is 0 Å². The Morgan fingerprint density at radius 3 is 2.06 bits per heavy atom. The fourth-order valence-electron chi connectivity index (χ4n) is 0.877. The summed E-state index contributed by atoms with van der Waals surface area (Å²) in [5.74, 6) is -1.54. The second-order valence-corrected chi connectivity index (χ2v) is 3.38. The van der Waals surface area contributed by atoms with Crippen molar-refractivity contribution in [2.45, 2.75) is 52.4 Å². The fourth-order valence-corrected chi connectivity index (χ4v) is 0.877. The van der Waals surface area contributed by atoms with Gasteiger partial charge in [-0.1, -0.05) is 39.2 Å². The van der Waals surface area contributed by atoms with Gasteiger partial charge in [-0.3, -0.25) is 4.79 Å². The van der Waals surface area contributed by atoms with Crippen LogP contribution in [0.1, 0.15) is 52.4 Å². The average Bonchev–Trinajstić information content (AvgIpc) is 2.18. The van der Waals surface area contributed by atoms with E-state index in [2.05, 4.69) is 6.92 Å². The molecule has 0 rings (SSSR count). The number of hydrogen-bond acceptors (Lipinski definition) is 2. The largest absolute Gasteiger partial charge is 0.481 e. The minimum Gasteiger partial charge on any atom is -0.481 e. The van der Waals surface area contributed by atoms with E-state index >= 15 is 0 Å². The smallest absolute Gasteiger partial charge is 0.327 e. The van der Waals surface area contributed by atoms with E-state index in [4.69, 9.17) is 10.2 Å². The molecule has 0 aromatic rings. The van der Waals surface area contributed by atoms with Crippen LogP contribution in [0.4, 0.5) is 0 Å². The molecule has 0 aromatic heterocycles. The van der Waals surface area contributed by atoms with Crippen LogP contribution in [-0.2, 0) is 9.59 Å². The Morgan fingerprint density at radius 1 is 1.06 bits per heavy atom. The number of carbonyl (C=O) groups is 2. The maximum atomic E-state index is 9.87. The van der Waals surface area contributed by atoms with Gasteiger partial charge in [0.1, 0.15) is 0 Å². The number of carboxylic acids is 2. The summed E-state index contributed by atoms with van der Waals surface area (Å²) in [5, 5.41) is 16.2. The zero-order valence-corrected chi connectivity index (χ0v) is 10.1. The Bertz CT molecular complexity index is 209. The molecule has 4 nitrogen and oxygen atoms in total. The monoisotopic (exact) mass is 230 g/mol. The highest BCUT2D eigenvalue weighted by Gasteiger charge is 1.92. The molecular weight excluding hydrogens is 208 g/mol. The van der Waals surface area contributed by atoms with Gasteiger partial charge in [-0.15, -0.1) is 0 Å². The summed E-state index contributed by atoms with van der Waals surface area (Å²) >= 11 is 0. The van der Waals surface area contributed by atoms with Gasteiger partial charge in [-0.25, -0.2) is 4.79 Å². The average molecular weight is 230 g/mol. The fraction of sp³-hybridized carbons (Fsp3) is 0.667. The Kier molecular flexibility index (Phi) is 14.6.